The molecule has 21 heavy (non-hydrogen) atoms. The SMILES string of the molecule is CC(N)C(Oc1ccc2c(c1)OCO2)c1ccc(Br)cc1. The van der Waals surface area contributed by atoms with Crippen LogP contribution in [0.25, 0.3) is 0 Å². The van der Waals surface area contributed by atoms with E-state index in [0.29, 0.717) is 11.5 Å². The standard InChI is InChI=1S/C16H16BrNO3/c1-10(18)16(11-2-4-12(17)5-3-11)21-13-6-7-14-15(8-13)20-9-19-14/h2-8,10,16H,9,18H2,1H3. The summed E-state index contributed by atoms with van der Waals surface area (Å²) in [5, 5.41) is 0. The van der Waals surface area contributed by atoms with Crippen LogP contribution in [0.1, 0.15) is 18.6 Å². The maximum atomic E-state index is 6.07. The fourth-order valence-corrected chi connectivity index (χ4v) is 2.49. The zero-order chi connectivity index (χ0) is 14.8. The van der Waals surface area contributed by atoms with Crippen molar-refractivity contribution in [3.05, 3.63) is 52.5 Å². The summed E-state index contributed by atoms with van der Waals surface area (Å²) < 4.78 is 17.7. The minimum Gasteiger partial charge on any atom is -0.484 e. The third-order valence-electron chi connectivity index (χ3n) is 3.28. The van der Waals surface area contributed by atoms with Gasteiger partial charge in [0.2, 0.25) is 6.79 Å². The molecule has 0 fully saturated rings. The highest BCUT2D eigenvalue weighted by Gasteiger charge is 2.20. The van der Waals surface area contributed by atoms with E-state index in [4.69, 9.17) is 19.9 Å². The predicted octanol–water partition coefficient (Wildman–Crippen LogP) is 3.65. The molecular formula is C16H16BrNO3. The highest BCUT2D eigenvalue weighted by atomic mass is 79.9. The van der Waals surface area contributed by atoms with Crippen LogP contribution >= 0.6 is 15.9 Å². The second-order valence-corrected chi connectivity index (χ2v) is 5.88. The number of fused-ring (bicyclic) bond motifs is 1. The Hall–Kier alpha value is -1.72. The Balaban J connectivity index is 1.84. The van der Waals surface area contributed by atoms with Crippen LogP contribution in [0.15, 0.2) is 46.9 Å². The van der Waals surface area contributed by atoms with Gasteiger partial charge in [-0.2, -0.15) is 0 Å². The molecule has 5 heteroatoms. The Labute approximate surface area is 131 Å². The van der Waals surface area contributed by atoms with E-state index in [9.17, 15) is 0 Å². The third kappa shape index (κ3) is 3.14. The minimum absolute atomic E-state index is 0.142. The van der Waals surface area contributed by atoms with Crippen molar-refractivity contribution < 1.29 is 14.2 Å². The van der Waals surface area contributed by atoms with Crippen LogP contribution < -0.4 is 19.9 Å². The molecule has 2 atom stereocenters. The van der Waals surface area contributed by atoms with Gasteiger partial charge in [-0.1, -0.05) is 28.1 Å². The van der Waals surface area contributed by atoms with Crippen LogP contribution in [0.3, 0.4) is 0 Å². The van der Waals surface area contributed by atoms with Crippen molar-refractivity contribution in [3.8, 4) is 17.2 Å². The van der Waals surface area contributed by atoms with Gasteiger partial charge in [-0.25, -0.2) is 0 Å². The Kier molecular flexibility index (Phi) is 4.03. The van der Waals surface area contributed by atoms with E-state index in [1.165, 1.54) is 0 Å². The first-order valence-corrected chi connectivity index (χ1v) is 7.50. The van der Waals surface area contributed by atoms with Crippen molar-refractivity contribution in [2.75, 3.05) is 6.79 Å². The molecule has 1 aliphatic rings. The first kappa shape index (κ1) is 14.2. The van der Waals surface area contributed by atoms with Gasteiger partial charge in [-0.05, 0) is 36.8 Å². The lowest BCUT2D eigenvalue weighted by molar-refractivity contribution is 0.171. The Bertz CT molecular complexity index is 628. The normalized spacial score (nSPS) is 15.6. The number of rotatable bonds is 4. The van der Waals surface area contributed by atoms with Crippen LogP contribution in [-0.2, 0) is 0 Å². The fourth-order valence-electron chi connectivity index (χ4n) is 2.23. The number of nitrogens with two attached hydrogens (primary N) is 1. The summed E-state index contributed by atoms with van der Waals surface area (Å²) in [5.41, 5.74) is 7.11. The van der Waals surface area contributed by atoms with Gasteiger partial charge in [0.25, 0.3) is 0 Å². The van der Waals surface area contributed by atoms with Gasteiger partial charge in [0, 0.05) is 16.6 Å². The number of halogens is 1. The van der Waals surface area contributed by atoms with Gasteiger partial charge < -0.3 is 19.9 Å². The first-order valence-electron chi connectivity index (χ1n) is 6.71. The van der Waals surface area contributed by atoms with Crippen LogP contribution in [0.2, 0.25) is 0 Å². The lowest BCUT2D eigenvalue weighted by Gasteiger charge is -2.23. The third-order valence-corrected chi connectivity index (χ3v) is 3.81. The molecule has 1 heterocycles. The monoisotopic (exact) mass is 349 g/mol. The molecular weight excluding hydrogens is 334 g/mol. The molecule has 0 saturated heterocycles. The van der Waals surface area contributed by atoms with Crippen LogP contribution in [-0.4, -0.2) is 12.8 Å². The molecule has 0 saturated carbocycles. The molecule has 0 amide bonds. The van der Waals surface area contributed by atoms with Gasteiger partial charge in [0.1, 0.15) is 11.9 Å². The molecule has 2 aromatic rings. The molecule has 110 valence electrons. The Morgan fingerprint density at radius 3 is 2.52 bits per heavy atom. The van der Waals surface area contributed by atoms with Crippen molar-refractivity contribution in [1.82, 2.24) is 0 Å². The molecule has 0 radical (unpaired) electrons. The first-order chi connectivity index (χ1) is 10.1. The van der Waals surface area contributed by atoms with E-state index >= 15 is 0 Å². The van der Waals surface area contributed by atoms with Crippen LogP contribution in [0.4, 0.5) is 0 Å². The lowest BCUT2D eigenvalue weighted by Crippen LogP contribution is -2.29. The molecule has 3 rings (SSSR count). The maximum Gasteiger partial charge on any atom is 0.231 e. The second-order valence-electron chi connectivity index (χ2n) is 4.96. The molecule has 2 unspecified atom stereocenters. The van der Waals surface area contributed by atoms with E-state index in [2.05, 4.69) is 15.9 Å². The minimum atomic E-state index is -0.224. The second kappa shape index (κ2) is 5.95. The number of ether oxygens (including phenoxy) is 3. The summed E-state index contributed by atoms with van der Waals surface area (Å²) in [6.45, 7) is 2.18. The summed E-state index contributed by atoms with van der Waals surface area (Å²) in [6, 6.07) is 13.4. The van der Waals surface area contributed by atoms with E-state index in [-0.39, 0.29) is 18.9 Å². The van der Waals surface area contributed by atoms with Crippen molar-refractivity contribution in [3.63, 3.8) is 0 Å². The Morgan fingerprint density at radius 2 is 1.81 bits per heavy atom. The number of benzene rings is 2. The van der Waals surface area contributed by atoms with E-state index < -0.39 is 0 Å². The number of hydrogen-bond acceptors (Lipinski definition) is 4. The molecule has 0 spiro atoms. The molecule has 0 aliphatic carbocycles. The summed E-state index contributed by atoms with van der Waals surface area (Å²) in [5.74, 6) is 2.15. The molecule has 0 bridgehead atoms. The summed E-state index contributed by atoms with van der Waals surface area (Å²) >= 11 is 3.43. The summed E-state index contributed by atoms with van der Waals surface area (Å²) in [4.78, 5) is 0. The van der Waals surface area contributed by atoms with Crippen LogP contribution in [0.5, 0.6) is 17.2 Å². The average Bonchev–Trinajstić information content (AvgIpc) is 2.93. The molecule has 2 N–H and O–H groups in total. The van der Waals surface area contributed by atoms with Crippen molar-refractivity contribution in [1.29, 1.82) is 0 Å². The zero-order valence-corrected chi connectivity index (χ0v) is 13.2. The van der Waals surface area contributed by atoms with Gasteiger partial charge in [0.15, 0.2) is 11.5 Å². The maximum absolute atomic E-state index is 6.07. The van der Waals surface area contributed by atoms with Gasteiger partial charge in [-0.15, -0.1) is 0 Å². The number of hydrogen-bond donors (Lipinski definition) is 1. The fraction of sp³-hybridized carbons (Fsp3) is 0.250. The van der Waals surface area contributed by atoms with Crippen molar-refractivity contribution >= 4 is 15.9 Å². The molecule has 2 aromatic carbocycles. The molecule has 0 aromatic heterocycles. The van der Waals surface area contributed by atoms with Crippen LogP contribution in [0, 0.1) is 0 Å². The average molecular weight is 350 g/mol. The quantitative estimate of drug-likeness (QED) is 0.915. The van der Waals surface area contributed by atoms with E-state index in [1.54, 1.807) is 0 Å². The van der Waals surface area contributed by atoms with E-state index in [1.807, 2.05) is 49.4 Å². The lowest BCUT2D eigenvalue weighted by atomic mass is 10.0. The predicted molar refractivity (Wildman–Crippen MR) is 83.7 cm³/mol. The summed E-state index contributed by atoms with van der Waals surface area (Å²) in [6.07, 6.45) is -0.224. The van der Waals surface area contributed by atoms with Gasteiger partial charge in [-0.3, -0.25) is 0 Å². The molecule has 1 aliphatic heterocycles. The molecule has 4 nitrogen and oxygen atoms in total. The Morgan fingerprint density at radius 1 is 1.10 bits per heavy atom. The largest absolute Gasteiger partial charge is 0.484 e. The highest BCUT2D eigenvalue weighted by molar-refractivity contribution is 9.10. The van der Waals surface area contributed by atoms with Gasteiger partial charge in [0.05, 0.1) is 0 Å². The zero-order valence-electron chi connectivity index (χ0n) is 11.6. The van der Waals surface area contributed by atoms with Gasteiger partial charge >= 0.3 is 0 Å². The topological polar surface area (TPSA) is 53.7 Å². The van der Waals surface area contributed by atoms with E-state index in [0.717, 1.165) is 15.8 Å². The summed E-state index contributed by atoms with van der Waals surface area (Å²) in [7, 11) is 0. The van der Waals surface area contributed by atoms with Crippen molar-refractivity contribution in [2.45, 2.75) is 19.1 Å². The smallest absolute Gasteiger partial charge is 0.231 e. The highest BCUT2D eigenvalue weighted by Crippen LogP contribution is 2.36. The van der Waals surface area contributed by atoms with Crippen molar-refractivity contribution in [2.24, 2.45) is 5.73 Å².